The lowest BCUT2D eigenvalue weighted by atomic mass is 9.93. The van der Waals surface area contributed by atoms with Gasteiger partial charge < -0.3 is 15.5 Å². The van der Waals surface area contributed by atoms with E-state index in [1.54, 1.807) is 4.90 Å². The van der Waals surface area contributed by atoms with Crippen LogP contribution in [0.4, 0.5) is 13.2 Å². The summed E-state index contributed by atoms with van der Waals surface area (Å²) in [6, 6.07) is 3.92. The molecule has 1 aromatic carbocycles. The zero-order chi connectivity index (χ0) is 19.2. The van der Waals surface area contributed by atoms with Crippen LogP contribution in [0, 0.1) is 5.92 Å². The van der Waals surface area contributed by atoms with Crippen LogP contribution in [0.15, 0.2) is 24.3 Å². The van der Waals surface area contributed by atoms with Gasteiger partial charge in [-0.05, 0) is 63.0 Å². The fourth-order valence-corrected chi connectivity index (χ4v) is 3.00. The number of hydrogen-bond donors (Lipinski definition) is 2. The van der Waals surface area contributed by atoms with E-state index in [2.05, 4.69) is 10.6 Å². The molecule has 1 aliphatic heterocycles. The van der Waals surface area contributed by atoms with Crippen LogP contribution in [-0.4, -0.2) is 49.9 Å². The van der Waals surface area contributed by atoms with Crippen LogP contribution in [0.1, 0.15) is 35.2 Å². The number of benzene rings is 1. The first-order chi connectivity index (χ1) is 12.3. The maximum Gasteiger partial charge on any atom is 0.416 e. The van der Waals surface area contributed by atoms with Gasteiger partial charge in [-0.25, -0.2) is 0 Å². The highest BCUT2D eigenvalue weighted by molar-refractivity contribution is 5.96. The Hall–Kier alpha value is -2.09. The predicted molar refractivity (Wildman–Crippen MR) is 91.6 cm³/mol. The van der Waals surface area contributed by atoms with Crippen molar-refractivity contribution in [3.63, 3.8) is 0 Å². The minimum atomic E-state index is -4.44. The molecule has 144 valence electrons. The molecule has 26 heavy (non-hydrogen) atoms. The first-order valence-electron chi connectivity index (χ1n) is 8.69. The fourth-order valence-electron chi connectivity index (χ4n) is 3.00. The second kappa shape index (κ2) is 9.02. The lowest BCUT2D eigenvalue weighted by Crippen LogP contribution is -2.44. The topological polar surface area (TPSA) is 61.4 Å². The molecule has 1 aromatic rings. The van der Waals surface area contributed by atoms with Crippen LogP contribution in [0.3, 0.4) is 0 Å². The van der Waals surface area contributed by atoms with Gasteiger partial charge in [0.05, 0.1) is 12.1 Å². The van der Waals surface area contributed by atoms with Gasteiger partial charge >= 0.3 is 6.18 Å². The van der Waals surface area contributed by atoms with E-state index in [4.69, 9.17) is 0 Å². The number of rotatable bonds is 6. The highest BCUT2D eigenvalue weighted by atomic mass is 19.4. The summed E-state index contributed by atoms with van der Waals surface area (Å²) in [6.45, 7) is 2.15. The first kappa shape index (κ1) is 20.2. The summed E-state index contributed by atoms with van der Waals surface area (Å²) in [5.41, 5.74) is -0.720. The zero-order valence-corrected chi connectivity index (χ0v) is 14.7. The van der Waals surface area contributed by atoms with Crippen molar-refractivity contribution in [3.05, 3.63) is 35.4 Å². The zero-order valence-electron chi connectivity index (χ0n) is 14.7. The SMILES string of the molecule is CNCCC1CCN(C(=O)CNC(=O)c2ccc(C(F)(F)F)cc2)CC1. The van der Waals surface area contributed by atoms with Crippen LogP contribution in [0.5, 0.6) is 0 Å². The molecule has 0 aliphatic carbocycles. The van der Waals surface area contributed by atoms with E-state index in [0.717, 1.165) is 50.1 Å². The fraction of sp³-hybridized carbons (Fsp3) is 0.556. The molecule has 1 saturated heterocycles. The summed E-state index contributed by atoms with van der Waals surface area (Å²) in [4.78, 5) is 25.9. The van der Waals surface area contributed by atoms with Gasteiger partial charge in [-0.15, -0.1) is 0 Å². The quantitative estimate of drug-likeness (QED) is 0.807. The summed E-state index contributed by atoms with van der Waals surface area (Å²) < 4.78 is 37.6. The highest BCUT2D eigenvalue weighted by Gasteiger charge is 2.30. The Bertz CT molecular complexity index is 609. The standard InChI is InChI=1S/C18H24F3N3O2/c1-22-9-6-13-7-10-24(11-8-13)16(25)12-23-17(26)14-2-4-15(5-3-14)18(19,20)21/h2-5,13,22H,6-12H2,1H3,(H,23,26). The van der Waals surface area contributed by atoms with Crippen molar-refractivity contribution in [1.29, 1.82) is 0 Å². The average molecular weight is 371 g/mol. The van der Waals surface area contributed by atoms with Crippen molar-refractivity contribution in [2.75, 3.05) is 33.2 Å². The van der Waals surface area contributed by atoms with Gasteiger partial charge in [0.25, 0.3) is 5.91 Å². The van der Waals surface area contributed by atoms with Crippen molar-refractivity contribution >= 4 is 11.8 Å². The largest absolute Gasteiger partial charge is 0.416 e. The Balaban J connectivity index is 1.78. The van der Waals surface area contributed by atoms with Crippen molar-refractivity contribution in [2.45, 2.75) is 25.4 Å². The summed E-state index contributed by atoms with van der Waals surface area (Å²) in [5, 5.41) is 5.60. The number of nitrogens with zero attached hydrogens (tertiary/aromatic N) is 1. The van der Waals surface area contributed by atoms with Crippen molar-refractivity contribution in [1.82, 2.24) is 15.5 Å². The number of alkyl halides is 3. The van der Waals surface area contributed by atoms with E-state index in [9.17, 15) is 22.8 Å². The number of piperidine rings is 1. The molecule has 5 nitrogen and oxygen atoms in total. The van der Waals surface area contributed by atoms with Crippen molar-refractivity contribution in [2.24, 2.45) is 5.92 Å². The van der Waals surface area contributed by atoms with Crippen molar-refractivity contribution in [3.8, 4) is 0 Å². The Labute approximate surface area is 150 Å². The molecule has 1 aliphatic rings. The number of nitrogens with one attached hydrogen (secondary N) is 2. The number of carbonyl (C=O) groups excluding carboxylic acids is 2. The highest BCUT2D eigenvalue weighted by Crippen LogP contribution is 2.29. The van der Waals surface area contributed by atoms with Gasteiger partial charge in [-0.3, -0.25) is 9.59 Å². The molecule has 0 radical (unpaired) electrons. The molecule has 2 amide bonds. The number of carbonyl (C=O) groups is 2. The molecule has 0 spiro atoms. The number of halogens is 3. The third-order valence-corrected chi connectivity index (χ3v) is 4.64. The third-order valence-electron chi connectivity index (χ3n) is 4.64. The molecule has 8 heteroatoms. The lowest BCUT2D eigenvalue weighted by Gasteiger charge is -2.32. The second-order valence-electron chi connectivity index (χ2n) is 6.47. The Morgan fingerprint density at radius 2 is 1.77 bits per heavy atom. The van der Waals surface area contributed by atoms with E-state index >= 15 is 0 Å². The number of hydrogen-bond acceptors (Lipinski definition) is 3. The van der Waals surface area contributed by atoms with E-state index in [-0.39, 0.29) is 18.0 Å². The van der Waals surface area contributed by atoms with Gasteiger partial charge in [0.1, 0.15) is 0 Å². The van der Waals surface area contributed by atoms with Gasteiger partial charge in [0.15, 0.2) is 0 Å². The smallest absolute Gasteiger partial charge is 0.343 e. The molecular formula is C18H24F3N3O2. The molecule has 2 rings (SSSR count). The average Bonchev–Trinajstić information content (AvgIpc) is 2.64. The summed E-state index contributed by atoms with van der Waals surface area (Å²) in [7, 11) is 1.91. The third kappa shape index (κ3) is 5.72. The number of amides is 2. The molecule has 1 heterocycles. The molecule has 0 saturated carbocycles. The molecular weight excluding hydrogens is 347 g/mol. The van der Waals surface area contributed by atoms with Gasteiger partial charge in [-0.2, -0.15) is 13.2 Å². The Kier molecular flexibility index (Phi) is 7.02. The van der Waals surface area contributed by atoms with Crippen LogP contribution in [0.2, 0.25) is 0 Å². The van der Waals surface area contributed by atoms with E-state index in [0.29, 0.717) is 19.0 Å². The summed E-state index contributed by atoms with van der Waals surface area (Å²) in [6.07, 6.45) is -1.46. The van der Waals surface area contributed by atoms with E-state index < -0.39 is 17.6 Å². The molecule has 0 bridgehead atoms. The van der Waals surface area contributed by atoms with Crippen LogP contribution >= 0.6 is 0 Å². The second-order valence-corrected chi connectivity index (χ2v) is 6.47. The molecule has 1 fully saturated rings. The van der Waals surface area contributed by atoms with Crippen LogP contribution in [-0.2, 0) is 11.0 Å². The Morgan fingerprint density at radius 1 is 1.15 bits per heavy atom. The monoisotopic (exact) mass is 371 g/mol. The normalized spacial score (nSPS) is 15.8. The summed E-state index contributed by atoms with van der Waals surface area (Å²) in [5.74, 6) is -0.124. The van der Waals surface area contributed by atoms with Crippen LogP contribution < -0.4 is 10.6 Å². The molecule has 0 atom stereocenters. The van der Waals surface area contributed by atoms with E-state index in [1.165, 1.54) is 0 Å². The minimum absolute atomic E-state index is 0.0940. The first-order valence-corrected chi connectivity index (χ1v) is 8.69. The maximum absolute atomic E-state index is 12.5. The number of likely N-dealkylation sites (tertiary alicyclic amines) is 1. The van der Waals surface area contributed by atoms with Gasteiger partial charge in [0, 0.05) is 18.7 Å². The van der Waals surface area contributed by atoms with Gasteiger partial charge in [0.2, 0.25) is 5.91 Å². The predicted octanol–water partition coefficient (Wildman–Crippen LogP) is 2.28. The van der Waals surface area contributed by atoms with Crippen molar-refractivity contribution < 1.29 is 22.8 Å². The lowest BCUT2D eigenvalue weighted by molar-refractivity contribution is -0.137. The molecule has 2 N–H and O–H groups in total. The molecule has 0 unspecified atom stereocenters. The Morgan fingerprint density at radius 3 is 2.31 bits per heavy atom. The maximum atomic E-state index is 12.5. The van der Waals surface area contributed by atoms with E-state index in [1.807, 2.05) is 7.05 Å². The van der Waals surface area contributed by atoms with Crippen LogP contribution in [0.25, 0.3) is 0 Å². The summed E-state index contributed by atoms with van der Waals surface area (Å²) >= 11 is 0. The minimum Gasteiger partial charge on any atom is -0.343 e. The molecule has 0 aromatic heterocycles. The van der Waals surface area contributed by atoms with Gasteiger partial charge in [-0.1, -0.05) is 0 Å².